The topological polar surface area (TPSA) is 106 Å². The van der Waals surface area contributed by atoms with Gasteiger partial charge in [0.1, 0.15) is 11.3 Å². The van der Waals surface area contributed by atoms with E-state index in [-0.39, 0.29) is 17.9 Å². The van der Waals surface area contributed by atoms with Crippen molar-refractivity contribution in [1.29, 1.82) is 0 Å². The Morgan fingerprint density at radius 2 is 2.00 bits per heavy atom. The Bertz CT molecular complexity index is 1020. The molecule has 0 bridgehead atoms. The van der Waals surface area contributed by atoms with Crippen LogP contribution in [0, 0.1) is 0 Å². The van der Waals surface area contributed by atoms with Gasteiger partial charge in [-0.3, -0.25) is 4.79 Å². The lowest BCUT2D eigenvalue weighted by molar-refractivity contribution is 0.0692. The van der Waals surface area contributed by atoms with Crippen LogP contribution in [0.1, 0.15) is 20.7 Å². The van der Waals surface area contributed by atoms with Crippen molar-refractivity contribution in [2.75, 3.05) is 19.0 Å². The molecule has 2 aromatic heterocycles. The Labute approximate surface area is 145 Å². The molecular weight excluding hydrogens is 346 g/mol. The first-order valence-electron chi connectivity index (χ1n) is 7.20. The van der Waals surface area contributed by atoms with Crippen molar-refractivity contribution < 1.29 is 23.8 Å². The first-order chi connectivity index (χ1) is 12.0. The number of fused-ring (bicyclic) bond motifs is 1. The van der Waals surface area contributed by atoms with Gasteiger partial charge in [0, 0.05) is 6.07 Å². The van der Waals surface area contributed by atoms with Gasteiger partial charge in [-0.25, -0.2) is 9.59 Å². The van der Waals surface area contributed by atoms with E-state index in [9.17, 15) is 14.4 Å². The van der Waals surface area contributed by atoms with Crippen molar-refractivity contribution in [2.45, 2.75) is 0 Å². The molecule has 0 unspecified atom stereocenters. The zero-order chi connectivity index (χ0) is 18.0. The van der Waals surface area contributed by atoms with Crippen LogP contribution in [0.2, 0.25) is 0 Å². The van der Waals surface area contributed by atoms with Gasteiger partial charge in [0.15, 0.2) is 11.4 Å². The maximum atomic E-state index is 12.3. The zero-order valence-corrected chi connectivity index (χ0v) is 13.9. The van der Waals surface area contributed by atoms with E-state index >= 15 is 0 Å². The first kappa shape index (κ1) is 16.7. The van der Waals surface area contributed by atoms with Gasteiger partial charge in [-0.05, 0) is 18.2 Å². The number of thiophene rings is 1. The third-order valence-corrected chi connectivity index (χ3v) is 4.50. The number of Topliss-reactive ketones (excluding diaryl/α,β-unsaturated/α-hetero) is 1. The number of aromatic carboxylic acids is 1. The third kappa shape index (κ3) is 3.38. The van der Waals surface area contributed by atoms with Gasteiger partial charge < -0.3 is 19.6 Å². The van der Waals surface area contributed by atoms with Crippen LogP contribution in [0.25, 0.3) is 10.3 Å². The van der Waals surface area contributed by atoms with Gasteiger partial charge in [-0.2, -0.15) is 0 Å². The van der Waals surface area contributed by atoms with Crippen molar-refractivity contribution in [3.63, 3.8) is 0 Å². The molecular formula is C17H13NO6S. The van der Waals surface area contributed by atoms with Crippen LogP contribution >= 0.6 is 11.3 Å². The molecule has 25 heavy (non-hydrogen) atoms. The number of carbonyl (C=O) groups excluding carboxylic acids is 1. The summed E-state index contributed by atoms with van der Waals surface area (Å²) in [6.07, 6.45) is 0. The Morgan fingerprint density at radius 1 is 1.24 bits per heavy atom. The molecule has 2 N–H and O–H groups in total. The number of para-hydroxylation sites is 1. The maximum Gasteiger partial charge on any atom is 0.351 e. The molecule has 0 atom stereocenters. The molecule has 0 radical (unpaired) electrons. The van der Waals surface area contributed by atoms with E-state index in [4.69, 9.17) is 14.3 Å². The molecule has 0 saturated carbocycles. The lowest BCUT2D eigenvalue weighted by atomic mass is 10.1. The van der Waals surface area contributed by atoms with Gasteiger partial charge in [0.2, 0.25) is 0 Å². The maximum absolute atomic E-state index is 12.3. The molecule has 0 aliphatic rings. The summed E-state index contributed by atoms with van der Waals surface area (Å²) in [6, 6.07) is 9.72. The number of carboxylic acids is 1. The average Bonchev–Trinajstić information content (AvgIpc) is 3.00. The first-order valence-corrected chi connectivity index (χ1v) is 8.02. The molecule has 8 heteroatoms. The standard InChI is InChI=1S/C17H13NO6S/c1-23-12-5-3-2-4-9(12)11(19)8-18-15-7-13-14(25-15)6-10(16(20)21)17(22)24-13/h2-7,18H,8H2,1H3,(H,20,21). The zero-order valence-electron chi connectivity index (χ0n) is 13.1. The Kier molecular flexibility index (Phi) is 4.53. The van der Waals surface area contributed by atoms with Gasteiger partial charge in [-0.15, -0.1) is 11.3 Å². The summed E-state index contributed by atoms with van der Waals surface area (Å²) < 4.78 is 10.7. The van der Waals surface area contributed by atoms with Crippen LogP contribution in [0.15, 0.2) is 45.6 Å². The molecule has 0 spiro atoms. The average molecular weight is 359 g/mol. The number of methoxy groups -OCH3 is 1. The number of hydrogen-bond acceptors (Lipinski definition) is 7. The minimum Gasteiger partial charge on any atom is -0.496 e. The van der Waals surface area contributed by atoms with Crippen molar-refractivity contribution in [1.82, 2.24) is 0 Å². The molecule has 0 aliphatic carbocycles. The smallest absolute Gasteiger partial charge is 0.351 e. The number of rotatable bonds is 6. The summed E-state index contributed by atoms with van der Waals surface area (Å²) in [5.41, 5.74) is -0.606. The largest absolute Gasteiger partial charge is 0.496 e. The normalized spacial score (nSPS) is 10.6. The van der Waals surface area contributed by atoms with E-state index in [1.165, 1.54) is 24.5 Å². The second kappa shape index (κ2) is 6.78. The highest BCUT2D eigenvalue weighted by Crippen LogP contribution is 2.29. The van der Waals surface area contributed by atoms with Crippen LogP contribution in [-0.2, 0) is 0 Å². The van der Waals surface area contributed by atoms with Crippen LogP contribution in [-0.4, -0.2) is 30.5 Å². The summed E-state index contributed by atoms with van der Waals surface area (Å²) >= 11 is 1.19. The quantitative estimate of drug-likeness (QED) is 0.652. The highest BCUT2D eigenvalue weighted by Gasteiger charge is 2.15. The number of carbonyl (C=O) groups is 2. The highest BCUT2D eigenvalue weighted by molar-refractivity contribution is 7.22. The Balaban J connectivity index is 1.80. The van der Waals surface area contributed by atoms with Crippen molar-refractivity contribution >= 4 is 38.4 Å². The molecule has 0 saturated heterocycles. The molecule has 0 fully saturated rings. The number of ketones is 1. The predicted octanol–water partition coefficient (Wildman–Crippen LogP) is 2.86. The number of ether oxygens (including phenoxy) is 1. The van der Waals surface area contributed by atoms with E-state index in [1.807, 2.05) is 0 Å². The van der Waals surface area contributed by atoms with E-state index in [0.717, 1.165) is 0 Å². The van der Waals surface area contributed by atoms with E-state index in [1.54, 1.807) is 30.3 Å². The second-order valence-electron chi connectivity index (χ2n) is 5.07. The number of hydrogen-bond donors (Lipinski definition) is 2. The van der Waals surface area contributed by atoms with Crippen LogP contribution in [0.5, 0.6) is 5.75 Å². The molecule has 2 heterocycles. The SMILES string of the molecule is COc1ccccc1C(=O)CNc1cc2oc(=O)c(C(=O)O)cc2s1. The fourth-order valence-corrected chi connectivity index (χ4v) is 3.21. The van der Waals surface area contributed by atoms with Crippen molar-refractivity contribution in [3.05, 3.63) is 57.9 Å². The van der Waals surface area contributed by atoms with Crippen molar-refractivity contribution in [2.24, 2.45) is 0 Å². The number of nitrogens with one attached hydrogen (secondary N) is 1. The lowest BCUT2D eigenvalue weighted by Gasteiger charge is -2.07. The van der Waals surface area contributed by atoms with Crippen LogP contribution < -0.4 is 15.7 Å². The Morgan fingerprint density at radius 3 is 2.72 bits per heavy atom. The second-order valence-corrected chi connectivity index (χ2v) is 6.15. The molecule has 3 rings (SSSR count). The van der Waals surface area contributed by atoms with Gasteiger partial charge in [-0.1, -0.05) is 12.1 Å². The summed E-state index contributed by atoms with van der Waals surface area (Å²) in [5.74, 6) is -1.02. The fourth-order valence-electron chi connectivity index (χ4n) is 2.29. The summed E-state index contributed by atoms with van der Waals surface area (Å²) in [4.78, 5) is 34.9. The number of benzene rings is 1. The molecule has 3 aromatic rings. The summed E-state index contributed by atoms with van der Waals surface area (Å²) in [7, 11) is 1.49. The van der Waals surface area contributed by atoms with Gasteiger partial charge >= 0.3 is 11.6 Å². The van der Waals surface area contributed by atoms with Crippen LogP contribution in [0.4, 0.5) is 5.00 Å². The highest BCUT2D eigenvalue weighted by atomic mass is 32.1. The number of anilines is 1. The predicted molar refractivity (Wildman–Crippen MR) is 93.1 cm³/mol. The minimum atomic E-state index is -1.34. The molecule has 0 amide bonds. The Hall–Kier alpha value is -3.13. The molecule has 128 valence electrons. The number of carboxylic acid groups (broad SMARTS) is 1. The monoisotopic (exact) mass is 359 g/mol. The van der Waals surface area contributed by atoms with Crippen LogP contribution in [0.3, 0.4) is 0 Å². The third-order valence-electron chi connectivity index (χ3n) is 3.48. The fraction of sp³-hybridized carbons (Fsp3) is 0.118. The molecule has 0 aliphatic heterocycles. The molecule has 1 aromatic carbocycles. The molecule has 7 nitrogen and oxygen atoms in total. The van der Waals surface area contributed by atoms with Gasteiger partial charge in [0.05, 0.1) is 28.9 Å². The van der Waals surface area contributed by atoms with Crippen molar-refractivity contribution in [3.8, 4) is 5.75 Å². The lowest BCUT2D eigenvalue weighted by Crippen LogP contribution is -2.14. The van der Waals surface area contributed by atoms with E-state index < -0.39 is 17.2 Å². The summed E-state index contributed by atoms with van der Waals surface area (Å²) in [6.45, 7) is 0.0171. The van der Waals surface area contributed by atoms with E-state index in [2.05, 4.69) is 5.32 Å². The van der Waals surface area contributed by atoms with E-state index in [0.29, 0.717) is 21.0 Å². The van der Waals surface area contributed by atoms with Gasteiger partial charge in [0.25, 0.3) is 0 Å². The summed E-state index contributed by atoms with van der Waals surface area (Å²) in [5, 5.41) is 12.5. The minimum absolute atomic E-state index is 0.0171.